The molecule has 0 aromatic heterocycles. The minimum absolute atomic E-state index is 0.226. The molecule has 1 heterocycles. The zero-order valence-corrected chi connectivity index (χ0v) is 17.1. The van der Waals surface area contributed by atoms with E-state index in [2.05, 4.69) is 10.3 Å². The number of ether oxygens (including phenoxy) is 2. The Kier molecular flexibility index (Phi) is 6.23. The first-order valence-corrected chi connectivity index (χ1v) is 9.64. The summed E-state index contributed by atoms with van der Waals surface area (Å²) >= 11 is 1.26. The molecule has 2 aromatic carbocycles. The van der Waals surface area contributed by atoms with E-state index in [9.17, 15) is 9.59 Å². The van der Waals surface area contributed by atoms with Gasteiger partial charge in [-0.2, -0.15) is 0 Å². The highest BCUT2D eigenvalue weighted by molar-refractivity contribution is 8.18. The van der Waals surface area contributed by atoms with Gasteiger partial charge in [-0.25, -0.2) is 4.99 Å². The number of carbonyl (C=O) groups excluding carboxylic acids is 2. The Bertz CT molecular complexity index is 1010. The van der Waals surface area contributed by atoms with Crippen molar-refractivity contribution < 1.29 is 19.1 Å². The van der Waals surface area contributed by atoms with E-state index >= 15 is 0 Å². The van der Waals surface area contributed by atoms with Crippen LogP contribution >= 0.6 is 11.8 Å². The van der Waals surface area contributed by atoms with Gasteiger partial charge in [0, 0.05) is 0 Å². The van der Waals surface area contributed by atoms with Crippen molar-refractivity contribution in [2.45, 2.75) is 13.8 Å². The number of rotatable bonds is 6. The van der Waals surface area contributed by atoms with Gasteiger partial charge in [0.1, 0.15) is 0 Å². The standard InChI is InChI=1S/C21H21N3O4S/c1-12-5-4-6-13(2)19(12)23-21-24-20(26)17(29-21)10-14-7-8-15(27-3)16(9-14)28-11-18(22)25/h4-10H,11H2,1-3H3,(H2,22,25)(H,23,24,26). The van der Waals surface area contributed by atoms with E-state index in [1.807, 2.05) is 32.0 Å². The summed E-state index contributed by atoms with van der Waals surface area (Å²) in [5.74, 6) is 0.0204. The molecular weight excluding hydrogens is 390 g/mol. The van der Waals surface area contributed by atoms with Gasteiger partial charge in [-0.15, -0.1) is 0 Å². The number of hydrogen-bond acceptors (Lipinski definition) is 6. The summed E-state index contributed by atoms with van der Waals surface area (Å²) in [5.41, 5.74) is 8.78. The number of methoxy groups -OCH3 is 1. The van der Waals surface area contributed by atoms with Crippen molar-refractivity contribution in [1.82, 2.24) is 5.32 Å². The van der Waals surface area contributed by atoms with Crippen LogP contribution < -0.4 is 20.5 Å². The van der Waals surface area contributed by atoms with Crippen LogP contribution in [0.5, 0.6) is 11.5 Å². The van der Waals surface area contributed by atoms with Gasteiger partial charge in [-0.3, -0.25) is 9.59 Å². The zero-order valence-electron chi connectivity index (χ0n) is 16.3. The van der Waals surface area contributed by atoms with Crippen LogP contribution in [0.15, 0.2) is 46.3 Å². The van der Waals surface area contributed by atoms with Crippen LogP contribution in [-0.4, -0.2) is 30.7 Å². The molecule has 2 aromatic rings. The molecule has 2 amide bonds. The molecule has 0 radical (unpaired) electrons. The fourth-order valence-electron chi connectivity index (χ4n) is 2.76. The van der Waals surface area contributed by atoms with E-state index in [0.717, 1.165) is 22.4 Å². The highest BCUT2D eigenvalue weighted by Crippen LogP contribution is 2.33. The molecule has 0 unspecified atom stereocenters. The first-order chi connectivity index (χ1) is 13.9. The maximum absolute atomic E-state index is 12.4. The Morgan fingerprint density at radius 3 is 2.59 bits per heavy atom. The van der Waals surface area contributed by atoms with E-state index in [4.69, 9.17) is 15.2 Å². The van der Waals surface area contributed by atoms with E-state index in [1.54, 1.807) is 24.3 Å². The number of primary amides is 1. The van der Waals surface area contributed by atoms with Crippen LogP contribution in [0.25, 0.3) is 6.08 Å². The summed E-state index contributed by atoms with van der Waals surface area (Å²) in [6.07, 6.45) is 1.73. The number of hydrogen-bond donors (Lipinski definition) is 2. The van der Waals surface area contributed by atoms with E-state index in [1.165, 1.54) is 18.9 Å². The van der Waals surface area contributed by atoms with Crippen molar-refractivity contribution in [2.75, 3.05) is 13.7 Å². The molecule has 0 bridgehead atoms. The van der Waals surface area contributed by atoms with E-state index < -0.39 is 5.91 Å². The average Bonchev–Trinajstić information content (AvgIpc) is 3.02. The Morgan fingerprint density at radius 1 is 1.21 bits per heavy atom. The summed E-state index contributed by atoms with van der Waals surface area (Å²) in [6, 6.07) is 11.1. The number of aliphatic imine (C=N–C) groups is 1. The van der Waals surface area contributed by atoms with Crippen LogP contribution in [0.3, 0.4) is 0 Å². The second-order valence-electron chi connectivity index (χ2n) is 6.39. The van der Waals surface area contributed by atoms with E-state index in [-0.39, 0.29) is 12.5 Å². The molecule has 0 spiro atoms. The summed E-state index contributed by atoms with van der Waals surface area (Å²) < 4.78 is 10.6. The van der Waals surface area contributed by atoms with E-state index in [0.29, 0.717) is 21.6 Å². The molecule has 1 fully saturated rings. The number of nitrogens with zero attached hydrogens (tertiary/aromatic N) is 1. The fraction of sp³-hybridized carbons (Fsp3) is 0.190. The lowest BCUT2D eigenvalue weighted by molar-refractivity contribution is -0.120. The molecule has 7 nitrogen and oxygen atoms in total. The van der Waals surface area contributed by atoms with Crippen molar-refractivity contribution in [3.8, 4) is 11.5 Å². The van der Waals surface area contributed by atoms with Crippen LogP contribution in [0, 0.1) is 13.8 Å². The molecule has 29 heavy (non-hydrogen) atoms. The number of nitrogens with two attached hydrogens (primary N) is 1. The van der Waals surface area contributed by atoms with Crippen molar-refractivity contribution in [2.24, 2.45) is 10.7 Å². The Balaban J connectivity index is 1.85. The topological polar surface area (TPSA) is 103 Å². The lowest BCUT2D eigenvalue weighted by Gasteiger charge is -2.10. The van der Waals surface area contributed by atoms with Crippen molar-refractivity contribution in [3.63, 3.8) is 0 Å². The van der Waals surface area contributed by atoms with Crippen molar-refractivity contribution in [3.05, 3.63) is 58.0 Å². The number of nitrogens with one attached hydrogen (secondary N) is 1. The smallest absolute Gasteiger partial charge is 0.264 e. The van der Waals surface area contributed by atoms with Gasteiger partial charge in [-0.05, 0) is 60.5 Å². The predicted octanol–water partition coefficient (Wildman–Crippen LogP) is 3.07. The number of aryl methyl sites for hydroxylation is 2. The molecule has 0 saturated carbocycles. The molecule has 1 aliphatic rings. The summed E-state index contributed by atoms with van der Waals surface area (Å²) in [4.78, 5) is 28.5. The molecule has 1 saturated heterocycles. The van der Waals surface area contributed by atoms with Gasteiger partial charge in [0.05, 0.1) is 17.7 Å². The van der Waals surface area contributed by atoms with Crippen LogP contribution in [0.2, 0.25) is 0 Å². The number of amidine groups is 1. The lowest BCUT2D eigenvalue weighted by atomic mass is 10.1. The van der Waals surface area contributed by atoms with Gasteiger partial charge in [0.25, 0.3) is 11.8 Å². The van der Waals surface area contributed by atoms with Crippen molar-refractivity contribution in [1.29, 1.82) is 0 Å². The number of para-hydroxylation sites is 1. The molecule has 3 rings (SSSR count). The largest absolute Gasteiger partial charge is 0.493 e. The van der Waals surface area contributed by atoms with Crippen LogP contribution in [-0.2, 0) is 9.59 Å². The first-order valence-electron chi connectivity index (χ1n) is 8.82. The first kappa shape index (κ1) is 20.5. The third-order valence-electron chi connectivity index (χ3n) is 4.16. The Labute approximate surface area is 173 Å². The summed E-state index contributed by atoms with van der Waals surface area (Å²) in [6.45, 7) is 3.70. The number of amides is 2. The Morgan fingerprint density at radius 2 is 1.93 bits per heavy atom. The monoisotopic (exact) mass is 411 g/mol. The number of carbonyl (C=O) groups is 2. The normalized spacial score (nSPS) is 16.2. The minimum Gasteiger partial charge on any atom is -0.493 e. The molecule has 0 atom stereocenters. The average molecular weight is 411 g/mol. The van der Waals surface area contributed by atoms with Gasteiger partial charge in [0.15, 0.2) is 23.3 Å². The van der Waals surface area contributed by atoms with Crippen LogP contribution in [0.4, 0.5) is 5.69 Å². The minimum atomic E-state index is -0.589. The molecule has 150 valence electrons. The highest BCUT2D eigenvalue weighted by Gasteiger charge is 2.24. The molecule has 3 N–H and O–H groups in total. The predicted molar refractivity (Wildman–Crippen MR) is 114 cm³/mol. The molecule has 1 aliphatic heterocycles. The highest BCUT2D eigenvalue weighted by atomic mass is 32.2. The zero-order chi connectivity index (χ0) is 21.0. The quantitative estimate of drug-likeness (QED) is 0.711. The second-order valence-corrected chi connectivity index (χ2v) is 7.42. The van der Waals surface area contributed by atoms with Gasteiger partial charge < -0.3 is 20.5 Å². The summed E-state index contributed by atoms with van der Waals surface area (Å²) in [5, 5.41) is 3.32. The fourth-order valence-corrected chi connectivity index (χ4v) is 3.59. The second kappa shape index (κ2) is 8.83. The number of benzene rings is 2. The van der Waals surface area contributed by atoms with Crippen LogP contribution in [0.1, 0.15) is 16.7 Å². The molecule has 8 heteroatoms. The SMILES string of the molecule is COc1ccc(C=C2SC(=Nc3c(C)cccc3C)NC2=O)cc1OCC(N)=O. The lowest BCUT2D eigenvalue weighted by Crippen LogP contribution is -2.20. The molecular formula is C21H21N3O4S. The van der Waals surface area contributed by atoms with Crippen molar-refractivity contribution >= 4 is 40.5 Å². The third kappa shape index (κ3) is 4.97. The number of thioether (sulfide) groups is 1. The van der Waals surface area contributed by atoms with Gasteiger partial charge in [-0.1, -0.05) is 24.3 Å². The van der Waals surface area contributed by atoms with Gasteiger partial charge >= 0.3 is 0 Å². The third-order valence-corrected chi connectivity index (χ3v) is 5.07. The summed E-state index contributed by atoms with van der Waals surface area (Å²) in [7, 11) is 1.50. The maximum Gasteiger partial charge on any atom is 0.264 e. The Hall–Kier alpha value is -3.26. The molecule has 0 aliphatic carbocycles. The maximum atomic E-state index is 12.4. The van der Waals surface area contributed by atoms with Gasteiger partial charge in [0.2, 0.25) is 0 Å².